The number of alkyl halides is 4. The van der Waals surface area contributed by atoms with Crippen LogP contribution >= 0.6 is 15.9 Å². The van der Waals surface area contributed by atoms with Crippen LogP contribution in [0.4, 0.5) is 13.2 Å². The van der Waals surface area contributed by atoms with Gasteiger partial charge in [-0.3, -0.25) is 4.79 Å². The summed E-state index contributed by atoms with van der Waals surface area (Å²) in [6.07, 6.45) is -3.54. The van der Waals surface area contributed by atoms with Gasteiger partial charge in [-0.15, -0.1) is 0 Å². The first-order valence-corrected chi connectivity index (χ1v) is 6.25. The Morgan fingerprint density at radius 2 is 1.94 bits per heavy atom. The number of halogens is 4. The van der Waals surface area contributed by atoms with Crippen molar-refractivity contribution in [2.45, 2.75) is 26.4 Å². The Labute approximate surface area is 107 Å². The number of rotatable bonds is 7. The molecular weight excluding hydrogens is 303 g/mol. The monoisotopic (exact) mass is 319 g/mol. The van der Waals surface area contributed by atoms with Crippen molar-refractivity contribution in [2.75, 3.05) is 25.1 Å². The molecule has 0 saturated heterocycles. The largest absolute Gasteiger partial charge is 0.411 e. The van der Waals surface area contributed by atoms with Crippen LogP contribution < -0.4 is 5.32 Å². The van der Waals surface area contributed by atoms with Gasteiger partial charge in [-0.2, -0.15) is 13.2 Å². The first kappa shape index (κ1) is 16.7. The molecule has 0 saturated carbocycles. The highest BCUT2D eigenvalue weighted by Gasteiger charge is 2.27. The van der Waals surface area contributed by atoms with Crippen molar-refractivity contribution >= 4 is 21.8 Å². The Kier molecular flexibility index (Phi) is 7.08. The molecule has 17 heavy (non-hydrogen) atoms. The number of hydrogen-bond acceptors (Lipinski definition) is 2. The van der Waals surface area contributed by atoms with E-state index in [0.717, 1.165) is 11.8 Å². The number of hydrogen-bond donors (Lipinski definition) is 1. The summed E-state index contributed by atoms with van der Waals surface area (Å²) >= 11 is 3.29. The maximum atomic E-state index is 11.7. The third-order valence-corrected chi connectivity index (χ3v) is 2.43. The maximum absolute atomic E-state index is 11.7. The van der Waals surface area contributed by atoms with Crippen molar-refractivity contribution in [2.24, 2.45) is 5.41 Å². The van der Waals surface area contributed by atoms with Crippen molar-refractivity contribution in [3.63, 3.8) is 0 Å². The van der Waals surface area contributed by atoms with Crippen LogP contribution in [0.25, 0.3) is 0 Å². The van der Waals surface area contributed by atoms with Crippen LogP contribution in [0.1, 0.15) is 20.3 Å². The van der Waals surface area contributed by atoms with Gasteiger partial charge in [0.15, 0.2) is 0 Å². The van der Waals surface area contributed by atoms with Gasteiger partial charge < -0.3 is 10.1 Å². The van der Waals surface area contributed by atoms with Gasteiger partial charge in [0, 0.05) is 11.9 Å². The lowest BCUT2D eigenvalue weighted by Gasteiger charge is -2.23. The van der Waals surface area contributed by atoms with E-state index in [4.69, 9.17) is 0 Å². The maximum Gasteiger partial charge on any atom is 0.411 e. The van der Waals surface area contributed by atoms with E-state index in [9.17, 15) is 18.0 Å². The summed E-state index contributed by atoms with van der Waals surface area (Å²) in [7, 11) is 0. The average molecular weight is 320 g/mol. The van der Waals surface area contributed by atoms with Crippen molar-refractivity contribution in [3.05, 3.63) is 0 Å². The number of carbonyl (C=O) groups is 1. The van der Waals surface area contributed by atoms with E-state index in [1.54, 1.807) is 0 Å². The second-order valence-corrected chi connectivity index (χ2v) is 5.28. The molecule has 1 N–H and O–H groups in total. The van der Waals surface area contributed by atoms with Gasteiger partial charge in [0.2, 0.25) is 5.91 Å². The minimum Gasteiger partial charge on any atom is -0.362 e. The predicted octanol–water partition coefficient (Wildman–Crippen LogP) is 2.49. The van der Waals surface area contributed by atoms with Crippen LogP contribution in [0.15, 0.2) is 0 Å². The smallest absolute Gasteiger partial charge is 0.362 e. The molecule has 0 radical (unpaired) electrons. The molecule has 1 amide bonds. The average Bonchev–Trinajstić information content (AvgIpc) is 2.13. The molecule has 0 rings (SSSR count). The van der Waals surface area contributed by atoms with Crippen LogP contribution in [-0.4, -0.2) is 37.2 Å². The van der Waals surface area contributed by atoms with E-state index >= 15 is 0 Å². The van der Waals surface area contributed by atoms with Crippen molar-refractivity contribution in [1.29, 1.82) is 0 Å². The zero-order valence-corrected chi connectivity index (χ0v) is 11.4. The molecule has 7 heteroatoms. The van der Waals surface area contributed by atoms with Crippen LogP contribution in [0.3, 0.4) is 0 Å². The van der Waals surface area contributed by atoms with Crippen LogP contribution in [0.2, 0.25) is 0 Å². The highest BCUT2D eigenvalue weighted by molar-refractivity contribution is 9.09. The molecule has 0 heterocycles. The fourth-order valence-corrected chi connectivity index (χ4v) is 2.07. The number of nitrogens with one attached hydrogen (secondary N) is 1. The minimum atomic E-state index is -4.39. The lowest BCUT2D eigenvalue weighted by molar-refractivity contribution is -0.175. The van der Waals surface area contributed by atoms with Gasteiger partial charge >= 0.3 is 6.18 Å². The molecule has 0 aliphatic rings. The molecule has 0 bridgehead atoms. The highest BCUT2D eigenvalue weighted by Crippen LogP contribution is 2.19. The van der Waals surface area contributed by atoms with E-state index in [0.29, 0.717) is 6.54 Å². The number of ether oxygens (including phenoxy) is 1. The molecule has 0 atom stereocenters. The number of amides is 1. The molecule has 0 aliphatic carbocycles. The molecule has 3 nitrogen and oxygen atoms in total. The van der Waals surface area contributed by atoms with Gasteiger partial charge in [0.1, 0.15) is 13.2 Å². The lowest BCUT2D eigenvalue weighted by atomic mass is 9.90. The van der Waals surface area contributed by atoms with Gasteiger partial charge in [-0.1, -0.05) is 29.8 Å². The van der Waals surface area contributed by atoms with Gasteiger partial charge in [0.25, 0.3) is 0 Å². The standard InChI is InChI=1S/C10H17BrF3NO2/c1-9(2,3-4-11)6-15-8(16)5-17-7-10(12,13)14/h3-7H2,1-2H3,(H,15,16). The van der Waals surface area contributed by atoms with E-state index in [1.165, 1.54) is 0 Å². The molecule has 0 unspecified atom stereocenters. The Hall–Kier alpha value is -0.300. The third kappa shape index (κ3) is 10.6. The van der Waals surface area contributed by atoms with E-state index < -0.39 is 25.3 Å². The first-order chi connectivity index (χ1) is 7.66. The van der Waals surface area contributed by atoms with Crippen LogP contribution in [0.5, 0.6) is 0 Å². The molecule has 0 fully saturated rings. The summed E-state index contributed by atoms with van der Waals surface area (Å²) in [6, 6.07) is 0. The van der Waals surface area contributed by atoms with E-state index in [1.807, 2.05) is 13.8 Å². The van der Waals surface area contributed by atoms with E-state index in [2.05, 4.69) is 26.0 Å². The Bertz CT molecular complexity index is 244. The summed E-state index contributed by atoms with van der Waals surface area (Å²) in [5.41, 5.74) is -0.0941. The lowest BCUT2D eigenvalue weighted by Crippen LogP contribution is -2.37. The zero-order chi connectivity index (χ0) is 13.5. The Balaban J connectivity index is 3.73. The SMILES string of the molecule is CC(C)(CCBr)CNC(=O)COCC(F)(F)F. The summed E-state index contributed by atoms with van der Waals surface area (Å²) in [4.78, 5) is 11.2. The van der Waals surface area contributed by atoms with Gasteiger partial charge in [-0.05, 0) is 11.8 Å². The number of carbonyl (C=O) groups excluding carboxylic acids is 1. The Morgan fingerprint density at radius 3 is 2.41 bits per heavy atom. The fourth-order valence-electron chi connectivity index (χ4n) is 0.993. The van der Waals surface area contributed by atoms with Gasteiger partial charge in [-0.25, -0.2) is 0 Å². The highest BCUT2D eigenvalue weighted by atomic mass is 79.9. The fraction of sp³-hybridized carbons (Fsp3) is 0.900. The molecule has 0 aromatic carbocycles. The van der Waals surface area contributed by atoms with Crippen molar-refractivity contribution in [3.8, 4) is 0 Å². The third-order valence-electron chi connectivity index (χ3n) is 2.03. The second kappa shape index (κ2) is 7.20. The molecular formula is C10H17BrF3NO2. The summed E-state index contributed by atoms with van der Waals surface area (Å²) in [5.74, 6) is -0.531. The van der Waals surface area contributed by atoms with Gasteiger partial charge in [0.05, 0.1) is 0 Å². The summed E-state index contributed by atoms with van der Waals surface area (Å²) < 4.78 is 39.4. The normalized spacial score (nSPS) is 12.6. The predicted molar refractivity (Wildman–Crippen MR) is 62.1 cm³/mol. The second-order valence-electron chi connectivity index (χ2n) is 4.49. The topological polar surface area (TPSA) is 38.3 Å². The zero-order valence-electron chi connectivity index (χ0n) is 9.86. The molecule has 102 valence electrons. The van der Waals surface area contributed by atoms with Crippen LogP contribution in [-0.2, 0) is 9.53 Å². The molecule has 0 spiro atoms. The quantitative estimate of drug-likeness (QED) is 0.732. The summed E-state index contributed by atoms with van der Waals surface area (Å²) in [5, 5.41) is 3.35. The minimum absolute atomic E-state index is 0.0941. The molecule has 0 aromatic rings. The Morgan fingerprint density at radius 1 is 1.35 bits per heavy atom. The molecule has 0 aliphatic heterocycles. The summed E-state index contributed by atoms with van der Waals surface area (Å²) in [6.45, 7) is 2.37. The van der Waals surface area contributed by atoms with E-state index in [-0.39, 0.29) is 5.41 Å². The van der Waals surface area contributed by atoms with Crippen molar-refractivity contribution in [1.82, 2.24) is 5.32 Å². The first-order valence-electron chi connectivity index (χ1n) is 5.13. The van der Waals surface area contributed by atoms with Crippen LogP contribution in [0, 0.1) is 5.41 Å². The van der Waals surface area contributed by atoms with Crippen molar-refractivity contribution < 1.29 is 22.7 Å². The molecule has 0 aromatic heterocycles.